The number of amides is 1. The largest absolute Gasteiger partial charge is 0.348 e. The molecule has 7 nitrogen and oxygen atoms in total. The summed E-state index contributed by atoms with van der Waals surface area (Å²) in [6.45, 7) is 0. The summed E-state index contributed by atoms with van der Waals surface area (Å²) in [6, 6.07) is 3.49. The van der Waals surface area contributed by atoms with Crippen LogP contribution < -0.4 is 10.9 Å². The Balaban J connectivity index is 1.45. The molecule has 0 bridgehead atoms. The average Bonchev–Trinajstić information content (AvgIpc) is 3.26. The number of rotatable bonds is 3. The first kappa shape index (κ1) is 14.2. The lowest BCUT2D eigenvalue weighted by Gasteiger charge is -2.24. The Bertz CT molecular complexity index is 818. The molecule has 23 heavy (non-hydrogen) atoms. The zero-order chi connectivity index (χ0) is 16.0. The quantitative estimate of drug-likeness (QED) is 0.871. The number of carbonyl (C=O) groups is 1. The van der Waals surface area contributed by atoms with Gasteiger partial charge in [-0.25, -0.2) is 4.68 Å². The first-order chi connectivity index (χ1) is 11.1. The molecule has 1 fully saturated rings. The monoisotopic (exact) mass is 313 g/mol. The summed E-state index contributed by atoms with van der Waals surface area (Å²) in [4.78, 5) is 24.0. The number of fused-ring (bicyclic) bond motifs is 1. The van der Waals surface area contributed by atoms with Gasteiger partial charge in [0.2, 0.25) is 0 Å². The molecule has 0 aliphatic heterocycles. The average molecular weight is 313 g/mol. The van der Waals surface area contributed by atoms with Crippen molar-refractivity contribution in [3.8, 4) is 0 Å². The Kier molecular flexibility index (Phi) is 3.28. The van der Waals surface area contributed by atoms with Crippen LogP contribution in [0, 0.1) is 0 Å². The normalized spacial score (nSPS) is 20.1. The highest BCUT2D eigenvalue weighted by Crippen LogP contribution is 2.38. The maximum Gasteiger partial charge on any atom is 0.272 e. The maximum atomic E-state index is 12.3. The number of aromatic amines is 1. The van der Waals surface area contributed by atoms with Gasteiger partial charge in [-0.1, -0.05) is 0 Å². The Hall–Kier alpha value is -2.44. The topological polar surface area (TPSA) is 92.7 Å². The van der Waals surface area contributed by atoms with E-state index in [1.807, 2.05) is 6.07 Å². The number of hydrogen-bond donors (Lipinski definition) is 2. The van der Waals surface area contributed by atoms with Crippen molar-refractivity contribution < 1.29 is 4.79 Å². The summed E-state index contributed by atoms with van der Waals surface area (Å²) in [6.07, 6.45) is 4.57. The third-order valence-electron chi connectivity index (χ3n) is 4.64. The van der Waals surface area contributed by atoms with Crippen molar-refractivity contribution in [1.29, 1.82) is 0 Å². The molecule has 7 heteroatoms. The molecule has 1 amide bonds. The minimum absolute atomic E-state index is 0.0185. The molecule has 1 atom stereocenters. The molecule has 2 aromatic heterocycles. The standard InChI is InChI=1S/C16H19N5O2/c1-21-15(22)7-10-6-11(4-5-12(10)20-21)17-16(23)14-8-13(18-19-14)9-2-3-9/h7-9,11H,2-6H2,1H3,(H,17,23)(H,18,19)/t11-/m1/s1. The second-order valence-corrected chi connectivity index (χ2v) is 6.47. The molecule has 120 valence electrons. The molecule has 2 aliphatic rings. The molecule has 0 aromatic carbocycles. The SMILES string of the molecule is Cn1nc2c(cc1=O)C[C@H](NC(=O)c1cc(C3CC3)[nH]n1)CC2. The van der Waals surface area contributed by atoms with Gasteiger partial charge in [-0.3, -0.25) is 14.7 Å². The van der Waals surface area contributed by atoms with Crippen LogP contribution >= 0.6 is 0 Å². The van der Waals surface area contributed by atoms with Crippen LogP contribution in [0.1, 0.15) is 52.6 Å². The highest BCUT2D eigenvalue weighted by molar-refractivity contribution is 5.92. The Morgan fingerprint density at radius 2 is 2.17 bits per heavy atom. The molecule has 1 saturated carbocycles. The fourth-order valence-corrected chi connectivity index (χ4v) is 3.13. The summed E-state index contributed by atoms with van der Waals surface area (Å²) in [5, 5.41) is 14.4. The van der Waals surface area contributed by atoms with Crippen LogP contribution in [0.4, 0.5) is 0 Å². The first-order valence-corrected chi connectivity index (χ1v) is 8.02. The van der Waals surface area contributed by atoms with E-state index in [1.54, 1.807) is 13.1 Å². The van der Waals surface area contributed by atoms with Gasteiger partial charge in [-0.05, 0) is 43.7 Å². The molecule has 2 aliphatic carbocycles. The van der Waals surface area contributed by atoms with E-state index in [-0.39, 0.29) is 17.5 Å². The summed E-state index contributed by atoms with van der Waals surface area (Å²) >= 11 is 0. The van der Waals surface area contributed by atoms with Gasteiger partial charge < -0.3 is 5.32 Å². The van der Waals surface area contributed by atoms with Crippen molar-refractivity contribution in [2.75, 3.05) is 0 Å². The van der Waals surface area contributed by atoms with Crippen LogP contribution in [0.25, 0.3) is 0 Å². The molecule has 2 N–H and O–H groups in total. The van der Waals surface area contributed by atoms with E-state index in [0.29, 0.717) is 18.0 Å². The van der Waals surface area contributed by atoms with Crippen LogP contribution in [0.2, 0.25) is 0 Å². The van der Waals surface area contributed by atoms with Gasteiger partial charge in [0.05, 0.1) is 5.69 Å². The second-order valence-electron chi connectivity index (χ2n) is 6.47. The highest BCUT2D eigenvalue weighted by Gasteiger charge is 2.27. The Morgan fingerprint density at radius 1 is 1.35 bits per heavy atom. The van der Waals surface area contributed by atoms with Crippen molar-refractivity contribution in [3.05, 3.63) is 45.1 Å². The van der Waals surface area contributed by atoms with E-state index < -0.39 is 0 Å². The number of nitrogens with zero attached hydrogens (tertiary/aromatic N) is 3. The van der Waals surface area contributed by atoms with Crippen molar-refractivity contribution in [2.24, 2.45) is 7.05 Å². The molecule has 0 radical (unpaired) electrons. The molecular formula is C16H19N5O2. The Labute approximate surface area is 133 Å². The number of aromatic nitrogens is 4. The zero-order valence-corrected chi connectivity index (χ0v) is 13.0. The minimum atomic E-state index is -0.154. The van der Waals surface area contributed by atoms with Gasteiger partial charge in [0.15, 0.2) is 0 Å². The first-order valence-electron chi connectivity index (χ1n) is 8.02. The molecule has 2 aromatic rings. The van der Waals surface area contributed by atoms with Gasteiger partial charge in [0.25, 0.3) is 11.5 Å². The van der Waals surface area contributed by atoms with Crippen LogP contribution in [0.15, 0.2) is 16.9 Å². The van der Waals surface area contributed by atoms with Crippen LogP contribution in [-0.2, 0) is 19.9 Å². The molecule has 0 unspecified atom stereocenters. The number of hydrogen-bond acceptors (Lipinski definition) is 4. The maximum absolute atomic E-state index is 12.3. The van der Waals surface area contributed by atoms with E-state index in [1.165, 1.54) is 17.5 Å². The number of H-pyrrole nitrogens is 1. The van der Waals surface area contributed by atoms with Crippen molar-refractivity contribution in [3.63, 3.8) is 0 Å². The van der Waals surface area contributed by atoms with E-state index in [2.05, 4.69) is 20.6 Å². The summed E-state index contributed by atoms with van der Waals surface area (Å²) in [5.74, 6) is 0.395. The molecule has 2 heterocycles. The number of aryl methyl sites for hydroxylation is 2. The predicted molar refractivity (Wildman–Crippen MR) is 83.3 cm³/mol. The van der Waals surface area contributed by atoms with Crippen LogP contribution in [-0.4, -0.2) is 31.9 Å². The lowest BCUT2D eigenvalue weighted by Crippen LogP contribution is -2.40. The van der Waals surface area contributed by atoms with Crippen molar-refractivity contribution in [1.82, 2.24) is 25.3 Å². The molecule has 0 saturated heterocycles. The third kappa shape index (κ3) is 2.78. The lowest BCUT2D eigenvalue weighted by molar-refractivity contribution is 0.0928. The van der Waals surface area contributed by atoms with E-state index in [9.17, 15) is 9.59 Å². The van der Waals surface area contributed by atoms with Gasteiger partial charge in [0.1, 0.15) is 5.69 Å². The summed E-state index contributed by atoms with van der Waals surface area (Å²) < 4.78 is 1.36. The predicted octanol–water partition coefficient (Wildman–Crippen LogP) is 0.668. The smallest absolute Gasteiger partial charge is 0.272 e. The van der Waals surface area contributed by atoms with Crippen LogP contribution in [0.3, 0.4) is 0 Å². The Morgan fingerprint density at radius 3 is 2.96 bits per heavy atom. The third-order valence-corrected chi connectivity index (χ3v) is 4.64. The van der Waals surface area contributed by atoms with Crippen molar-refractivity contribution >= 4 is 5.91 Å². The highest BCUT2D eigenvalue weighted by atomic mass is 16.2. The van der Waals surface area contributed by atoms with E-state index in [0.717, 1.165) is 29.8 Å². The second kappa shape index (κ2) is 5.33. The van der Waals surface area contributed by atoms with E-state index >= 15 is 0 Å². The fourth-order valence-electron chi connectivity index (χ4n) is 3.13. The van der Waals surface area contributed by atoms with Crippen molar-refractivity contribution in [2.45, 2.75) is 44.1 Å². The van der Waals surface area contributed by atoms with Gasteiger partial charge in [-0.15, -0.1) is 0 Å². The van der Waals surface area contributed by atoms with Gasteiger partial charge in [-0.2, -0.15) is 10.2 Å². The summed E-state index contributed by atoms with van der Waals surface area (Å²) in [5.41, 5.74) is 3.27. The molecule has 0 spiro atoms. The fraction of sp³-hybridized carbons (Fsp3) is 0.500. The minimum Gasteiger partial charge on any atom is -0.348 e. The van der Waals surface area contributed by atoms with E-state index in [4.69, 9.17) is 0 Å². The molecular weight excluding hydrogens is 294 g/mol. The van der Waals surface area contributed by atoms with Gasteiger partial charge in [0, 0.05) is 30.8 Å². The van der Waals surface area contributed by atoms with Gasteiger partial charge >= 0.3 is 0 Å². The molecule has 4 rings (SSSR count). The zero-order valence-electron chi connectivity index (χ0n) is 13.0. The number of nitrogens with one attached hydrogen (secondary N) is 2. The van der Waals surface area contributed by atoms with Crippen LogP contribution in [0.5, 0.6) is 0 Å². The lowest BCUT2D eigenvalue weighted by atomic mass is 9.92. The number of carbonyl (C=O) groups excluding carboxylic acids is 1. The summed E-state index contributed by atoms with van der Waals surface area (Å²) in [7, 11) is 1.66.